The van der Waals surface area contributed by atoms with Gasteiger partial charge in [-0.25, -0.2) is 0 Å². The monoisotopic (exact) mass is 167 g/mol. The van der Waals surface area contributed by atoms with E-state index in [1.165, 1.54) is 0 Å². The standard InChI is InChI=1S/C10H17NO/c1-3-8(4-2)10(11)9-6-5-7-12-9/h5-8,10H,3-4,11H2,1-2H3. The smallest absolute Gasteiger partial charge is 0.120 e. The van der Waals surface area contributed by atoms with Gasteiger partial charge in [0, 0.05) is 0 Å². The van der Waals surface area contributed by atoms with E-state index >= 15 is 0 Å². The van der Waals surface area contributed by atoms with E-state index in [1.54, 1.807) is 6.26 Å². The molecule has 2 nitrogen and oxygen atoms in total. The van der Waals surface area contributed by atoms with Crippen LogP contribution in [0.5, 0.6) is 0 Å². The van der Waals surface area contributed by atoms with Gasteiger partial charge in [-0.05, 0) is 18.1 Å². The largest absolute Gasteiger partial charge is 0.468 e. The van der Waals surface area contributed by atoms with Crippen LogP contribution in [0.25, 0.3) is 0 Å². The first-order valence-electron chi connectivity index (χ1n) is 4.58. The van der Waals surface area contributed by atoms with Crippen LogP contribution < -0.4 is 5.73 Å². The zero-order chi connectivity index (χ0) is 8.97. The Morgan fingerprint density at radius 2 is 2.08 bits per heavy atom. The van der Waals surface area contributed by atoms with Crippen LogP contribution in [-0.2, 0) is 0 Å². The molecule has 68 valence electrons. The molecule has 0 aromatic carbocycles. The first kappa shape index (κ1) is 9.33. The maximum Gasteiger partial charge on any atom is 0.120 e. The normalized spacial score (nSPS) is 13.7. The number of hydrogen-bond donors (Lipinski definition) is 1. The number of furan rings is 1. The molecule has 0 spiro atoms. The maximum absolute atomic E-state index is 6.01. The van der Waals surface area contributed by atoms with Crippen molar-refractivity contribution >= 4 is 0 Å². The lowest BCUT2D eigenvalue weighted by molar-refractivity contribution is 0.347. The van der Waals surface area contributed by atoms with Gasteiger partial charge in [-0.3, -0.25) is 0 Å². The summed E-state index contributed by atoms with van der Waals surface area (Å²) in [6, 6.07) is 3.90. The average Bonchev–Trinajstić information content (AvgIpc) is 2.58. The lowest BCUT2D eigenvalue weighted by Crippen LogP contribution is -2.19. The molecule has 1 rings (SSSR count). The molecule has 1 unspecified atom stereocenters. The summed E-state index contributed by atoms with van der Waals surface area (Å²) in [5.74, 6) is 1.44. The molecule has 0 aliphatic carbocycles. The third-order valence-corrected chi connectivity index (χ3v) is 2.43. The molecule has 0 radical (unpaired) electrons. The Morgan fingerprint density at radius 1 is 1.42 bits per heavy atom. The predicted octanol–water partition coefficient (Wildman–Crippen LogP) is 2.72. The molecule has 0 aliphatic rings. The molecule has 1 atom stereocenters. The fraction of sp³-hybridized carbons (Fsp3) is 0.600. The minimum Gasteiger partial charge on any atom is -0.468 e. The van der Waals surface area contributed by atoms with Gasteiger partial charge < -0.3 is 10.2 Å². The van der Waals surface area contributed by atoms with Crippen molar-refractivity contribution in [2.45, 2.75) is 32.7 Å². The highest BCUT2D eigenvalue weighted by Gasteiger charge is 2.17. The van der Waals surface area contributed by atoms with Gasteiger partial charge in [0.05, 0.1) is 12.3 Å². The van der Waals surface area contributed by atoms with Crippen molar-refractivity contribution in [2.75, 3.05) is 0 Å². The molecular weight excluding hydrogens is 150 g/mol. The van der Waals surface area contributed by atoms with Crippen LogP contribution in [0.2, 0.25) is 0 Å². The van der Waals surface area contributed by atoms with Crippen LogP contribution in [-0.4, -0.2) is 0 Å². The van der Waals surface area contributed by atoms with Gasteiger partial charge in [0.2, 0.25) is 0 Å². The summed E-state index contributed by atoms with van der Waals surface area (Å²) in [7, 11) is 0. The fourth-order valence-corrected chi connectivity index (χ4v) is 1.51. The molecule has 0 saturated carbocycles. The summed E-state index contributed by atoms with van der Waals surface area (Å²) in [6.07, 6.45) is 3.90. The molecule has 0 aliphatic heterocycles. The first-order chi connectivity index (χ1) is 5.79. The second-order valence-electron chi connectivity index (χ2n) is 3.12. The van der Waals surface area contributed by atoms with E-state index in [2.05, 4.69) is 13.8 Å². The average molecular weight is 167 g/mol. The molecular formula is C10H17NO. The summed E-state index contributed by atoms with van der Waals surface area (Å²) in [6.45, 7) is 4.33. The Morgan fingerprint density at radius 3 is 2.50 bits per heavy atom. The second-order valence-corrected chi connectivity index (χ2v) is 3.12. The van der Waals surface area contributed by atoms with Crippen molar-refractivity contribution in [3.63, 3.8) is 0 Å². The summed E-state index contributed by atoms with van der Waals surface area (Å²) >= 11 is 0. The van der Waals surface area contributed by atoms with E-state index in [1.807, 2.05) is 12.1 Å². The highest BCUT2D eigenvalue weighted by atomic mass is 16.3. The highest BCUT2D eigenvalue weighted by Crippen LogP contribution is 2.24. The van der Waals surface area contributed by atoms with Crippen molar-refractivity contribution in [3.8, 4) is 0 Å². The Bertz CT molecular complexity index is 202. The van der Waals surface area contributed by atoms with E-state index in [9.17, 15) is 0 Å². The van der Waals surface area contributed by atoms with Crippen molar-refractivity contribution < 1.29 is 4.42 Å². The van der Waals surface area contributed by atoms with Gasteiger partial charge in [0.25, 0.3) is 0 Å². The first-order valence-corrected chi connectivity index (χ1v) is 4.58. The van der Waals surface area contributed by atoms with E-state index in [0.29, 0.717) is 5.92 Å². The van der Waals surface area contributed by atoms with Crippen LogP contribution in [0.1, 0.15) is 38.5 Å². The quantitative estimate of drug-likeness (QED) is 0.748. The van der Waals surface area contributed by atoms with Crippen LogP contribution in [0.4, 0.5) is 0 Å². The van der Waals surface area contributed by atoms with Crippen molar-refractivity contribution in [2.24, 2.45) is 11.7 Å². The highest BCUT2D eigenvalue weighted by molar-refractivity contribution is 5.04. The maximum atomic E-state index is 6.01. The zero-order valence-corrected chi connectivity index (χ0v) is 7.79. The Hall–Kier alpha value is -0.760. The Labute approximate surface area is 73.8 Å². The number of rotatable bonds is 4. The minimum atomic E-state index is 0.0648. The van der Waals surface area contributed by atoms with E-state index in [4.69, 9.17) is 10.2 Å². The molecule has 0 bridgehead atoms. The Kier molecular flexibility index (Phi) is 3.35. The molecule has 0 fully saturated rings. The van der Waals surface area contributed by atoms with Gasteiger partial charge in [-0.2, -0.15) is 0 Å². The van der Waals surface area contributed by atoms with Crippen LogP contribution in [0, 0.1) is 5.92 Å². The molecule has 1 aromatic heterocycles. The molecule has 1 aromatic rings. The molecule has 1 heterocycles. The zero-order valence-electron chi connectivity index (χ0n) is 7.79. The van der Waals surface area contributed by atoms with Crippen molar-refractivity contribution in [1.29, 1.82) is 0 Å². The topological polar surface area (TPSA) is 39.2 Å². The molecule has 12 heavy (non-hydrogen) atoms. The summed E-state index contributed by atoms with van der Waals surface area (Å²) < 4.78 is 5.25. The van der Waals surface area contributed by atoms with E-state index in [-0.39, 0.29) is 6.04 Å². The molecule has 2 heteroatoms. The van der Waals surface area contributed by atoms with E-state index < -0.39 is 0 Å². The molecule has 2 N–H and O–H groups in total. The van der Waals surface area contributed by atoms with Gasteiger partial charge in [0.15, 0.2) is 0 Å². The lowest BCUT2D eigenvalue weighted by Gasteiger charge is -2.18. The van der Waals surface area contributed by atoms with Gasteiger partial charge >= 0.3 is 0 Å². The lowest BCUT2D eigenvalue weighted by atomic mass is 9.93. The molecule has 0 amide bonds. The summed E-state index contributed by atoms with van der Waals surface area (Å²) in [4.78, 5) is 0. The second kappa shape index (κ2) is 4.31. The predicted molar refractivity (Wildman–Crippen MR) is 49.7 cm³/mol. The third-order valence-electron chi connectivity index (χ3n) is 2.43. The van der Waals surface area contributed by atoms with Crippen LogP contribution in [0.15, 0.2) is 22.8 Å². The van der Waals surface area contributed by atoms with Crippen LogP contribution >= 0.6 is 0 Å². The summed E-state index contributed by atoms with van der Waals surface area (Å²) in [5, 5.41) is 0. The Balaban J connectivity index is 2.63. The number of nitrogens with two attached hydrogens (primary N) is 1. The summed E-state index contributed by atoms with van der Waals surface area (Å²) in [5.41, 5.74) is 6.01. The fourth-order valence-electron chi connectivity index (χ4n) is 1.51. The minimum absolute atomic E-state index is 0.0648. The third kappa shape index (κ3) is 1.89. The van der Waals surface area contributed by atoms with Crippen molar-refractivity contribution in [1.82, 2.24) is 0 Å². The molecule has 0 saturated heterocycles. The van der Waals surface area contributed by atoms with Gasteiger partial charge in [-0.15, -0.1) is 0 Å². The SMILES string of the molecule is CCC(CC)C(N)c1ccco1. The van der Waals surface area contributed by atoms with Crippen LogP contribution in [0.3, 0.4) is 0 Å². The van der Waals surface area contributed by atoms with Gasteiger partial charge in [-0.1, -0.05) is 26.7 Å². The number of hydrogen-bond acceptors (Lipinski definition) is 2. The van der Waals surface area contributed by atoms with E-state index in [0.717, 1.165) is 18.6 Å². The van der Waals surface area contributed by atoms with Crippen molar-refractivity contribution in [3.05, 3.63) is 24.2 Å². The van der Waals surface area contributed by atoms with Gasteiger partial charge in [0.1, 0.15) is 5.76 Å².